The highest BCUT2D eigenvalue weighted by Gasteiger charge is 2.22. The van der Waals surface area contributed by atoms with Crippen LogP contribution in [0.1, 0.15) is 26.2 Å². The topological polar surface area (TPSA) is 86.1 Å². The Kier molecular flexibility index (Phi) is 5.15. The highest BCUT2D eigenvalue weighted by Crippen LogP contribution is 2.22. The fourth-order valence-corrected chi connectivity index (χ4v) is 4.16. The fourth-order valence-electron chi connectivity index (χ4n) is 2.84. The molecular formula is C16H22N4O3S. The molecular weight excluding hydrogens is 328 g/mol. The summed E-state index contributed by atoms with van der Waals surface area (Å²) in [7, 11) is -3.45. The van der Waals surface area contributed by atoms with Gasteiger partial charge in [0.05, 0.1) is 11.9 Å². The molecule has 2 aromatic rings. The second-order valence-corrected chi connectivity index (χ2v) is 7.66. The zero-order valence-electron chi connectivity index (χ0n) is 13.7. The maximum atomic E-state index is 12.4. The van der Waals surface area contributed by atoms with Crippen molar-refractivity contribution in [3.8, 4) is 11.4 Å². The SMILES string of the molecule is CCn1cnnc1-c1cccc(NS(=O)(=O)C[C@@H]2CCCCO2)c1. The first-order valence-electron chi connectivity index (χ1n) is 8.18. The summed E-state index contributed by atoms with van der Waals surface area (Å²) in [6, 6.07) is 7.20. The van der Waals surface area contributed by atoms with Crippen molar-refractivity contribution < 1.29 is 13.2 Å². The van der Waals surface area contributed by atoms with Crippen molar-refractivity contribution in [2.75, 3.05) is 17.1 Å². The number of benzene rings is 1. The number of sulfonamides is 1. The van der Waals surface area contributed by atoms with Gasteiger partial charge in [0.25, 0.3) is 0 Å². The highest BCUT2D eigenvalue weighted by molar-refractivity contribution is 7.92. The smallest absolute Gasteiger partial charge is 0.235 e. The van der Waals surface area contributed by atoms with Gasteiger partial charge in [0.15, 0.2) is 5.82 Å². The zero-order chi connectivity index (χ0) is 17.0. The van der Waals surface area contributed by atoms with E-state index in [1.54, 1.807) is 24.5 Å². The molecule has 24 heavy (non-hydrogen) atoms. The zero-order valence-corrected chi connectivity index (χ0v) is 14.5. The van der Waals surface area contributed by atoms with Gasteiger partial charge in [-0.15, -0.1) is 10.2 Å². The molecule has 7 nitrogen and oxygen atoms in total. The molecule has 8 heteroatoms. The molecule has 0 unspecified atom stereocenters. The lowest BCUT2D eigenvalue weighted by Gasteiger charge is -2.22. The molecule has 0 spiro atoms. The van der Waals surface area contributed by atoms with E-state index in [9.17, 15) is 8.42 Å². The van der Waals surface area contributed by atoms with Gasteiger partial charge in [-0.3, -0.25) is 4.72 Å². The van der Waals surface area contributed by atoms with Crippen molar-refractivity contribution in [2.24, 2.45) is 0 Å². The summed E-state index contributed by atoms with van der Waals surface area (Å²) in [5.41, 5.74) is 1.34. The molecule has 1 aliphatic rings. The Hall–Kier alpha value is -1.93. The molecule has 0 amide bonds. The summed E-state index contributed by atoms with van der Waals surface area (Å²) >= 11 is 0. The Bertz CT molecular complexity index is 782. The van der Waals surface area contributed by atoms with Crippen LogP contribution in [-0.2, 0) is 21.3 Å². The number of anilines is 1. The van der Waals surface area contributed by atoms with Crippen LogP contribution in [0.4, 0.5) is 5.69 Å². The highest BCUT2D eigenvalue weighted by atomic mass is 32.2. The molecule has 2 heterocycles. The van der Waals surface area contributed by atoms with Crippen LogP contribution in [0, 0.1) is 0 Å². The van der Waals surface area contributed by atoms with Crippen LogP contribution in [0.25, 0.3) is 11.4 Å². The second-order valence-electron chi connectivity index (χ2n) is 5.89. The Labute approximate surface area is 142 Å². The summed E-state index contributed by atoms with van der Waals surface area (Å²) in [5, 5.41) is 8.01. The number of nitrogens with zero attached hydrogens (tertiary/aromatic N) is 3. The molecule has 130 valence electrons. The van der Waals surface area contributed by atoms with Crippen LogP contribution in [0.5, 0.6) is 0 Å². The number of aromatic nitrogens is 3. The van der Waals surface area contributed by atoms with E-state index in [4.69, 9.17) is 4.74 Å². The lowest BCUT2D eigenvalue weighted by atomic mass is 10.1. The van der Waals surface area contributed by atoms with Crippen LogP contribution >= 0.6 is 0 Å². The first-order valence-corrected chi connectivity index (χ1v) is 9.83. The fraction of sp³-hybridized carbons (Fsp3) is 0.500. The minimum absolute atomic E-state index is 0.0115. The molecule has 1 aromatic carbocycles. The van der Waals surface area contributed by atoms with E-state index in [2.05, 4.69) is 14.9 Å². The first kappa shape index (κ1) is 16.9. The third-order valence-corrected chi connectivity index (χ3v) is 5.39. The van der Waals surface area contributed by atoms with Gasteiger partial charge in [0.1, 0.15) is 6.33 Å². The van der Waals surface area contributed by atoms with Crippen LogP contribution in [-0.4, -0.2) is 41.6 Å². The lowest BCUT2D eigenvalue weighted by molar-refractivity contribution is 0.0306. The van der Waals surface area contributed by atoms with E-state index >= 15 is 0 Å². The predicted octanol–water partition coefficient (Wildman–Crippen LogP) is 2.28. The number of nitrogens with one attached hydrogen (secondary N) is 1. The number of hydrogen-bond acceptors (Lipinski definition) is 5. The molecule has 1 aromatic heterocycles. The molecule has 1 N–H and O–H groups in total. The van der Waals surface area contributed by atoms with Gasteiger partial charge >= 0.3 is 0 Å². The second kappa shape index (κ2) is 7.31. The quantitative estimate of drug-likeness (QED) is 0.864. The van der Waals surface area contributed by atoms with Gasteiger partial charge in [-0.05, 0) is 38.3 Å². The summed E-state index contributed by atoms with van der Waals surface area (Å²) < 4.78 is 34.8. The van der Waals surface area contributed by atoms with Crippen molar-refractivity contribution in [1.82, 2.24) is 14.8 Å². The Morgan fingerprint density at radius 3 is 3.00 bits per heavy atom. The van der Waals surface area contributed by atoms with Gasteiger partial charge in [0.2, 0.25) is 10.0 Å². The van der Waals surface area contributed by atoms with E-state index in [-0.39, 0.29) is 11.9 Å². The van der Waals surface area contributed by atoms with Crippen LogP contribution in [0.15, 0.2) is 30.6 Å². The minimum atomic E-state index is -3.45. The monoisotopic (exact) mass is 350 g/mol. The molecule has 0 radical (unpaired) electrons. The van der Waals surface area contributed by atoms with E-state index in [0.717, 1.165) is 31.4 Å². The molecule has 0 aliphatic carbocycles. The Morgan fingerprint density at radius 2 is 2.25 bits per heavy atom. The molecule has 0 bridgehead atoms. The van der Waals surface area contributed by atoms with Gasteiger partial charge in [0, 0.05) is 24.4 Å². The summed E-state index contributed by atoms with van der Waals surface area (Å²) in [6.45, 7) is 3.39. The first-order chi connectivity index (χ1) is 11.6. The Balaban J connectivity index is 1.74. The van der Waals surface area contributed by atoms with Gasteiger partial charge in [-0.25, -0.2) is 8.42 Å². The minimum Gasteiger partial charge on any atom is -0.377 e. The predicted molar refractivity (Wildman–Crippen MR) is 92.1 cm³/mol. The van der Waals surface area contributed by atoms with Crippen molar-refractivity contribution in [2.45, 2.75) is 38.8 Å². The van der Waals surface area contributed by atoms with Crippen molar-refractivity contribution in [3.63, 3.8) is 0 Å². The average molecular weight is 350 g/mol. The van der Waals surface area contributed by atoms with Gasteiger partial charge in [-0.2, -0.15) is 0 Å². The van der Waals surface area contributed by atoms with E-state index < -0.39 is 10.0 Å². The van der Waals surface area contributed by atoms with Crippen molar-refractivity contribution >= 4 is 15.7 Å². The number of ether oxygens (including phenoxy) is 1. The number of hydrogen-bond donors (Lipinski definition) is 1. The van der Waals surface area contributed by atoms with Crippen LogP contribution in [0.2, 0.25) is 0 Å². The maximum absolute atomic E-state index is 12.4. The Morgan fingerprint density at radius 1 is 1.38 bits per heavy atom. The molecule has 1 atom stereocenters. The maximum Gasteiger partial charge on any atom is 0.235 e. The van der Waals surface area contributed by atoms with E-state index in [1.165, 1.54) is 0 Å². The van der Waals surface area contributed by atoms with E-state index in [1.807, 2.05) is 17.6 Å². The van der Waals surface area contributed by atoms with Crippen molar-refractivity contribution in [1.29, 1.82) is 0 Å². The van der Waals surface area contributed by atoms with Crippen LogP contribution < -0.4 is 4.72 Å². The lowest BCUT2D eigenvalue weighted by Crippen LogP contribution is -2.30. The molecule has 1 aliphatic heterocycles. The standard InChI is InChI=1S/C16H22N4O3S/c1-2-20-12-17-18-16(20)13-6-5-7-14(10-13)19-24(21,22)11-15-8-3-4-9-23-15/h5-7,10,12,15,19H,2-4,8-9,11H2,1H3/t15-/m0/s1. The van der Waals surface area contributed by atoms with Crippen molar-refractivity contribution in [3.05, 3.63) is 30.6 Å². The largest absolute Gasteiger partial charge is 0.377 e. The molecule has 3 rings (SSSR count). The van der Waals surface area contributed by atoms with E-state index in [0.29, 0.717) is 18.1 Å². The normalized spacial score (nSPS) is 18.5. The molecule has 0 saturated carbocycles. The van der Waals surface area contributed by atoms with Crippen LogP contribution in [0.3, 0.4) is 0 Å². The summed E-state index contributed by atoms with van der Waals surface area (Å²) in [5.74, 6) is 0.705. The number of aryl methyl sites for hydroxylation is 1. The molecule has 1 saturated heterocycles. The third-order valence-electron chi connectivity index (χ3n) is 4.03. The van der Waals surface area contributed by atoms with Gasteiger partial charge < -0.3 is 9.30 Å². The molecule has 1 fully saturated rings. The number of rotatable bonds is 6. The summed E-state index contributed by atoms with van der Waals surface area (Å²) in [4.78, 5) is 0. The average Bonchev–Trinajstić information content (AvgIpc) is 3.03. The van der Waals surface area contributed by atoms with Gasteiger partial charge in [-0.1, -0.05) is 12.1 Å². The third kappa shape index (κ3) is 4.12. The summed E-state index contributed by atoms with van der Waals surface area (Å²) in [6.07, 6.45) is 4.25.